The van der Waals surface area contributed by atoms with Crippen LogP contribution in [-0.2, 0) is 0 Å². The maximum Gasteiger partial charge on any atom is 0.166 e. The number of nitrogens with zero attached hydrogens (tertiary/aromatic N) is 2. The van der Waals surface area contributed by atoms with Gasteiger partial charge in [0.1, 0.15) is 0 Å². The summed E-state index contributed by atoms with van der Waals surface area (Å²) in [5.41, 5.74) is 1.37. The summed E-state index contributed by atoms with van der Waals surface area (Å²) in [5, 5.41) is 7.98. The average molecular weight is 375 g/mol. The van der Waals surface area contributed by atoms with E-state index in [1.165, 1.54) is 37.7 Å². The monoisotopic (exact) mass is 374 g/mol. The third-order valence-corrected chi connectivity index (χ3v) is 6.08. The Bertz CT molecular complexity index is 550. The Morgan fingerprint density at radius 2 is 1.69 bits per heavy atom. The molecule has 2 atom stereocenters. The molecule has 1 aromatic carbocycles. The molecule has 2 aliphatic rings. The van der Waals surface area contributed by atoms with Crippen molar-refractivity contribution < 1.29 is 0 Å². The fraction of sp³-hybridized carbons (Fsp3) is 0.667. The Kier molecular flexibility index (Phi) is 7.29. The second-order valence-electron chi connectivity index (χ2n) is 7.94. The van der Waals surface area contributed by atoms with Gasteiger partial charge >= 0.3 is 0 Å². The van der Waals surface area contributed by atoms with Gasteiger partial charge in [-0.25, -0.2) is 0 Å². The van der Waals surface area contributed by atoms with Crippen LogP contribution in [0.25, 0.3) is 0 Å². The highest BCUT2D eigenvalue weighted by molar-refractivity contribution is 7.80. The van der Waals surface area contributed by atoms with Crippen molar-refractivity contribution >= 4 is 17.3 Å². The molecular formula is C21H34N4S. The molecule has 0 amide bonds. The van der Waals surface area contributed by atoms with E-state index in [-0.39, 0.29) is 6.04 Å². The quantitative estimate of drug-likeness (QED) is 0.773. The summed E-state index contributed by atoms with van der Waals surface area (Å²) in [6.45, 7) is 6.72. The van der Waals surface area contributed by atoms with E-state index in [0.29, 0.717) is 12.1 Å². The molecule has 5 heteroatoms. The van der Waals surface area contributed by atoms with E-state index >= 15 is 0 Å². The number of rotatable bonds is 5. The van der Waals surface area contributed by atoms with Gasteiger partial charge in [-0.15, -0.1) is 0 Å². The molecule has 1 heterocycles. The van der Waals surface area contributed by atoms with Gasteiger partial charge in [0.15, 0.2) is 5.11 Å². The molecule has 0 spiro atoms. The predicted molar refractivity (Wildman–Crippen MR) is 113 cm³/mol. The largest absolute Gasteiger partial charge is 0.360 e. The van der Waals surface area contributed by atoms with Crippen LogP contribution in [0.1, 0.15) is 50.6 Å². The summed E-state index contributed by atoms with van der Waals surface area (Å²) < 4.78 is 0. The number of nitrogens with one attached hydrogen (secondary N) is 2. The van der Waals surface area contributed by atoms with Crippen LogP contribution in [-0.4, -0.2) is 60.2 Å². The van der Waals surface area contributed by atoms with Gasteiger partial charge in [0, 0.05) is 38.3 Å². The fourth-order valence-electron chi connectivity index (χ4n) is 4.33. The molecule has 0 aromatic heterocycles. The second kappa shape index (κ2) is 9.67. The van der Waals surface area contributed by atoms with Gasteiger partial charge in [-0.2, -0.15) is 0 Å². The van der Waals surface area contributed by atoms with E-state index in [0.717, 1.165) is 31.3 Å². The highest BCUT2D eigenvalue weighted by Crippen LogP contribution is 2.25. The lowest BCUT2D eigenvalue weighted by atomic mass is 9.95. The number of hydrogen-bond acceptors (Lipinski definition) is 3. The Morgan fingerprint density at radius 1 is 1.04 bits per heavy atom. The normalized spacial score (nSPS) is 22.5. The van der Waals surface area contributed by atoms with Crippen molar-refractivity contribution in [3.8, 4) is 0 Å². The van der Waals surface area contributed by atoms with Crippen molar-refractivity contribution in [3.05, 3.63) is 35.9 Å². The molecule has 4 nitrogen and oxygen atoms in total. The summed E-state index contributed by atoms with van der Waals surface area (Å²) in [6.07, 6.45) is 6.51. The zero-order chi connectivity index (χ0) is 18.4. The van der Waals surface area contributed by atoms with Crippen molar-refractivity contribution in [2.24, 2.45) is 0 Å². The van der Waals surface area contributed by atoms with Crippen molar-refractivity contribution in [1.82, 2.24) is 20.4 Å². The smallest absolute Gasteiger partial charge is 0.166 e. The van der Waals surface area contributed by atoms with Crippen LogP contribution in [0, 0.1) is 0 Å². The number of likely N-dealkylation sites (N-methyl/N-ethyl adjacent to an activating group) is 1. The first-order valence-corrected chi connectivity index (χ1v) is 10.6. The summed E-state index contributed by atoms with van der Waals surface area (Å²) >= 11 is 5.65. The molecule has 1 aliphatic carbocycles. The van der Waals surface area contributed by atoms with E-state index in [1.807, 2.05) is 0 Å². The van der Waals surface area contributed by atoms with Gasteiger partial charge in [-0.05, 0) is 44.6 Å². The predicted octanol–water partition coefficient (Wildman–Crippen LogP) is 3.16. The molecule has 2 unspecified atom stereocenters. The molecule has 0 radical (unpaired) electrons. The van der Waals surface area contributed by atoms with Crippen molar-refractivity contribution in [2.45, 2.75) is 57.2 Å². The van der Waals surface area contributed by atoms with Crippen LogP contribution in [0.2, 0.25) is 0 Å². The van der Waals surface area contributed by atoms with E-state index in [9.17, 15) is 0 Å². The van der Waals surface area contributed by atoms with Crippen LogP contribution in [0.4, 0.5) is 0 Å². The molecular weight excluding hydrogens is 340 g/mol. The van der Waals surface area contributed by atoms with Crippen LogP contribution < -0.4 is 10.6 Å². The van der Waals surface area contributed by atoms with Crippen LogP contribution >= 0.6 is 12.2 Å². The second-order valence-corrected chi connectivity index (χ2v) is 8.34. The molecule has 26 heavy (non-hydrogen) atoms. The van der Waals surface area contributed by atoms with Gasteiger partial charge in [0.2, 0.25) is 0 Å². The summed E-state index contributed by atoms with van der Waals surface area (Å²) in [6, 6.07) is 12.0. The maximum absolute atomic E-state index is 5.65. The van der Waals surface area contributed by atoms with Gasteiger partial charge in [-0.3, -0.25) is 4.90 Å². The van der Waals surface area contributed by atoms with Crippen LogP contribution in [0.3, 0.4) is 0 Å². The van der Waals surface area contributed by atoms with Crippen molar-refractivity contribution in [3.63, 3.8) is 0 Å². The lowest BCUT2D eigenvalue weighted by Gasteiger charge is -2.41. The molecule has 1 saturated carbocycles. The van der Waals surface area contributed by atoms with Crippen molar-refractivity contribution in [2.75, 3.05) is 33.2 Å². The number of hydrogen-bond donors (Lipinski definition) is 2. The zero-order valence-corrected chi connectivity index (χ0v) is 17.1. The molecule has 2 fully saturated rings. The first-order valence-electron chi connectivity index (χ1n) is 10.2. The Hall–Kier alpha value is -1.17. The minimum atomic E-state index is 0.268. The fourth-order valence-corrected chi connectivity index (χ4v) is 4.68. The molecule has 144 valence electrons. The molecule has 0 bridgehead atoms. The number of thiocarbonyl (C=S) groups is 1. The van der Waals surface area contributed by atoms with E-state index in [4.69, 9.17) is 12.2 Å². The zero-order valence-electron chi connectivity index (χ0n) is 16.3. The highest BCUT2D eigenvalue weighted by Gasteiger charge is 2.29. The third-order valence-electron chi connectivity index (χ3n) is 5.85. The Morgan fingerprint density at radius 3 is 2.35 bits per heavy atom. The van der Waals surface area contributed by atoms with Gasteiger partial charge in [0.25, 0.3) is 0 Å². The highest BCUT2D eigenvalue weighted by atomic mass is 32.1. The topological polar surface area (TPSA) is 30.5 Å². The van der Waals surface area contributed by atoms with Gasteiger partial charge in [0.05, 0.1) is 6.04 Å². The SMILES string of the molecule is CC(NC(=S)NC1CCCCC1)C(c1ccccc1)N1CCN(C)CC1. The molecule has 1 saturated heterocycles. The number of benzene rings is 1. The van der Waals surface area contributed by atoms with Crippen molar-refractivity contribution in [1.29, 1.82) is 0 Å². The van der Waals surface area contributed by atoms with Gasteiger partial charge < -0.3 is 15.5 Å². The first-order chi connectivity index (χ1) is 12.6. The van der Waals surface area contributed by atoms with Crippen LogP contribution in [0.15, 0.2) is 30.3 Å². The van der Waals surface area contributed by atoms with Crippen LogP contribution in [0.5, 0.6) is 0 Å². The van der Waals surface area contributed by atoms with Gasteiger partial charge in [-0.1, -0.05) is 49.6 Å². The minimum Gasteiger partial charge on any atom is -0.360 e. The average Bonchev–Trinajstić information content (AvgIpc) is 2.65. The Labute approximate surface area is 164 Å². The molecule has 2 N–H and O–H groups in total. The summed E-state index contributed by atoms with van der Waals surface area (Å²) in [5.74, 6) is 0. The molecule has 1 aliphatic heterocycles. The first kappa shape index (κ1) is 19.6. The molecule has 3 rings (SSSR count). The van der Waals surface area contributed by atoms with E-state index < -0.39 is 0 Å². The lowest BCUT2D eigenvalue weighted by Crippen LogP contribution is -2.53. The minimum absolute atomic E-state index is 0.268. The third kappa shape index (κ3) is 5.41. The number of piperazine rings is 1. The molecule has 1 aromatic rings. The summed E-state index contributed by atoms with van der Waals surface area (Å²) in [7, 11) is 2.21. The Balaban J connectivity index is 1.64. The van der Waals surface area contributed by atoms with E-state index in [1.54, 1.807) is 0 Å². The lowest BCUT2D eigenvalue weighted by molar-refractivity contribution is 0.0970. The maximum atomic E-state index is 5.65. The standard InChI is InChI=1S/C21H34N4S/c1-17(22-21(26)23-19-11-7-4-8-12-19)20(18-9-5-3-6-10-18)25-15-13-24(2)14-16-25/h3,5-6,9-10,17,19-20H,4,7-8,11-16H2,1-2H3,(H2,22,23,26). The van der Waals surface area contributed by atoms with E-state index in [2.05, 4.69) is 64.7 Å². The summed E-state index contributed by atoms with van der Waals surface area (Å²) in [4.78, 5) is 5.02.